The number of amides is 2. The highest BCUT2D eigenvalue weighted by Gasteiger charge is 2.11. The van der Waals surface area contributed by atoms with Crippen molar-refractivity contribution in [1.29, 1.82) is 0 Å². The zero-order valence-corrected chi connectivity index (χ0v) is 11.2. The average molecular weight is 265 g/mol. The van der Waals surface area contributed by atoms with Crippen molar-refractivity contribution in [3.8, 4) is 0 Å². The third kappa shape index (κ3) is 3.93. The van der Waals surface area contributed by atoms with Gasteiger partial charge in [0, 0.05) is 23.8 Å². The summed E-state index contributed by atoms with van der Waals surface area (Å²) in [6, 6.07) is 5.16. The lowest BCUT2D eigenvalue weighted by molar-refractivity contribution is 0.222. The summed E-state index contributed by atoms with van der Waals surface area (Å²) in [5.74, 6) is 0. The predicted molar refractivity (Wildman–Crippen MR) is 77.2 cm³/mol. The van der Waals surface area contributed by atoms with Gasteiger partial charge < -0.3 is 10.2 Å². The van der Waals surface area contributed by atoms with E-state index in [9.17, 15) is 4.79 Å². The molecule has 0 saturated heterocycles. The van der Waals surface area contributed by atoms with E-state index in [1.54, 1.807) is 29.2 Å². The second kappa shape index (κ2) is 6.87. The van der Waals surface area contributed by atoms with E-state index in [0.29, 0.717) is 18.1 Å². The van der Waals surface area contributed by atoms with E-state index < -0.39 is 0 Å². The monoisotopic (exact) mass is 264 g/mol. The Morgan fingerprint density at radius 1 is 1.39 bits per heavy atom. The summed E-state index contributed by atoms with van der Waals surface area (Å²) in [6.45, 7) is 10.1. The van der Waals surface area contributed by atoms with Gasteiger partial charge in [-0.3, -0.25) is 0 Å². The van der Waals surface area contributed by atoms with Crippen molar-refractivity contribution in [1.82, 2.24) is 4.90 Å². The fourth-order valence-corrected chi connectivity index (χ4v) is 1.74. The van der Waals surface area contributed by atoms with Crippen LogP contribution in [0.2, 0.25) is 5.02 Å². The van der Waals surface area contributed by atoms with Gasteiger partial charge in [0.15, 0.2) is 0 Å². The van der Waals surface area contributed by atoms with Gasteiger partial charge in [-0.05, 0) is 30.7 Å². The fraction of sp³-hybridized carbons (Fsp3) is 0.214. The first-order chi connectivity index (χ1) is 8.58. The summed E-state index contributed by atoms with van der Waals surface area (Å²) in [5.41, 5.74) is 1.68. The molecule has 3 nitrogen and oxygen atoms in total. The molecule has 1 rings (SSSR count). The average Bonchev–Trinajstić information content (AvgIpc) is 2.32. The number of carbonyl (C=O) groups excluding carboxylic acids is 1. The lowest BCUT2D eigenvalue weighted by Gasteiger charge is -2.20. The number of urea groups is 1. The normalized spacial score (nSPS) is 9.67. The molecular formula is C14H17ClN2O. The highest BCUT2D eigenvalue weighted by atomic mass is 35.5. The lowest BCUT2D eigenvalue weighted by atomic mass is 10.2. The van der Waals surface area contributed by atoms with Crippen molar-refractivity contribution in [2.75, 3.05) is 18.4 Å². The standard InChI is InChI=1S/C14H17ClN2O/c1-4-8-17(9-5-2)14(18)16-13-7-6-12(15)10-11(13)3/h4-7,10H,1-2,8-9H2,3H3,(H,16,18). The molecule has 0 aliphatic rings. The quantitative estimate of drug-likeness (QED) is 0.805. The van der Waals surface area contributed by atoms with Crippen LogP contribution in [0.5, 0.6) is 0 Å². The Morgan fingerprint density at radius 3 is 2.50 bits per heavy atom. The molecule has 1 aromatic rings. The van der Waals surface area contributed by atoms with E-state index in [4.69, 9.17) is 11.6 Å². The SMILES string of the molecule is C=CCN(CC=C)C(=O)Nc1ccc(Cl)cc1C. The van der Waals surface area contributed by atoms with Crippen LogP contribution in [0.25, 0.3) is 0 Å². The first-order valence-electron chi connectivity index (χ1n) is 5.62. The molecule has 0 aliphatic heterocycles. The molecule has 0 atom stereocenters. The van der Waals surface area contributed by atoms with Crippen LogP contribution >= 0.6 is 11.6 Å². The van der Waals surface area contributed by atoms with E-state index in [1.807, 2.05) is 13.0 Å². The maximum atomic E-state index is 12.0. The number of aryl methyl sites for hydroxylation is 1. The van der Waals surface area contributed by atoms with Crippen LogP contribution in [0.15, 0.2) is 43.5 Å². The molecule has 0 fully saturated rings. The molecule has 2 amide bonds. The zero-order chi connectivity index (χ0) is 13.5. The Bertz CT molecular complexity index is 447. The molecule has 0 heterocycles. The minimum absolute atomic E-state index is 0.180. The molecule has 0 unspecified atom stereocenters. The molecular weight excluding hydrogens is 248 g/mol. The summed E-state index contributed by atoms with van der Waals surface area (Å²) >= 11 is 5.87. The minimum Gasteiger partial charge on any atom is -0.317 e. The smallest absolute Gasteiger partial charge is 0.317 e. The van der Waals surface area contributed by atoms with Crippen molar-refractivity contribution in [2.45, 2.75) is 6.92 Å². The molecule has 4 heteroatoms. The maximum Gasteiger partial charge on any atom is 0.322 e. The maximum absolute atomic E-state index is 12.0. The second-order valence-corrected chi connectivity index (χ2v) is 4.31. The number of benzene rings is 1. The van der Waals surface area contributed by atoms with Crippen LogP contribution in [0.3, 0.4) is 0 Å². The van der Waals surface area contributed by atoms with Gasteiger partial charge in [0.2, 0.25) is 0 Å². The second-order valence-electron chi connectivity index (χ2n) is 3.87. The number of rotatable bonds is 5. The van der Waals surface area contributed by atoms with Gasteiger partial charge in [-0.15, -0.1) is 13.2 Å². The van der Waals surface area contributed by atoms with Crippen LogP contribution in [-0.4, -0.2) is 24.0 Å². The number of hydrogen-bond acceptors (Lipinski definition) is 1. The van der Waals surface area contributed by atoms with Gasteiger partial charge in [-0.2, -0.15) is 0 Å². The molecule has 0 radical (unpaired) electrons. The van der Waals surface area contributed by atoms with Gasteiger partial charge in [-0.25, -0.2) is 4.79 Å². The third-order valence-electron chi connectivity index (χ3n) is 2.42. The van der Waals surface area contributed by atoms with Crippen molar-refractivity contribution in [3.05, 3.63) is 54.1 Å². The van der Waals surface area contributed by atoms with Crippen molar-refractivity contribution < 1.29 is 4.79 Å². The minimum atomic E-state index is -0.180. The Labute approximate surface area is 113 Å². The third-order valence-corrected chi connectivity index (χ3v) is 2.65. The van der Waals surface area contributed by atoms with Crippen LogP contribution in [0.1, 0.15) is 5.56 Å². The number of nitrogens with one attached hydrogen (secondary N) is 1. The van der Waals surface area contributed by atoms with Crippen LogP contribution in [0, 0.1) is 6.92 Å². The van der Waals surface area contributed by atoms with Crippen molar-refractivity contribution in [2.24, 2.45) is 0 Å². The highest BCUT2D eigenvalue weighted by Crippen LogP contribution is 2.19. The Kier molecular flexibility index (Phi) is 5.46. The van der Waals surface area contributed by atoms with Gasteiger partial charge >= 0.3 is 6.03 Å². The van der Waals surface area contributed by atoms with Crippen molar-refractivity contribution >= 4 is 23.3 Å². The predicted octanol–water partition coefficient (Wildman–Crippen LogP) is 3.85. The molecule has 96 valence electrons. The number of anilines is 1. The summed E-state index contributed by atoms with van der Waals surface area (Å²) < 4.78 is 0. The van der Waals surface area contributed by atoms with E-state index in [1.165, 1.54) is 0 Å². The van der Waals surface area contributed by atoms with Gasteiger partial charge in [0.05, 0.1) is 0 Å². The lowest BCUT2D eigenvalue weighted by Crippen LogP contribution is -2.35. The highest BCUT2D eigenvalue weighted by molar-refractivity contribution is 6.30. The molecule has 0 aromatic heterocycles. The first kappa shape index (κ1) is 14.3. The largest absolute Gasteiger partial charge is 0.322 e. The zero-order valence-electron chi connectivity index (χ0n) is 10.4. The molecule has 0 spiro atoms. The number of nitrogens with zero attached hydrogens (tertiary/aromatic N) is 1. The van der Waals surface area contributed by atoms with E-state index in [2.05, 4.69) is 18.5 Å². The molecule has 1 aromatic carbocycles. The van der Waals surface area contributed by atoms with Gasteiger partial charge in [0.1, 0.15) is 0 Å². The van der Waals surface area contributed by atoms with Crippen LogP contribution < -0.4 is 5.32 Å². The Morgan fingerprint density at radius 2 is 2.00 bits per heavy atom. The number of carbonyl (C=O) groups is 1. The van der Waals surface area contributed by atoms with Gasteiger partial charge in [-0.1, -0.05) is 23.8 Å². The van der Waals surface area contributed by atoms with E-state index >= 15 is 0 Å². The van der Waals surface area contributed by atoms with Gasteiger partial charge in [0.25, 0.3) is 0 Å². The topological polar surface area (TPSA) is 32.3 Å². The summed E-state index contributed by atoms with van der Waals surface area (Å²) in [5, 5.41) is 3.49. The summed E-state index contributed by atoms with van der Waals surface area (Å²) in [4.78, 5) is 13.6. The molecule has 0 bridgehead atoms. The van der Waals surface area contributed by atoms with Crippen LogP contribution in [-0.2, 0) is 0 Å². The molecule has 18 heavy (non-hydrogen) atoms. The molecule has 0 aliphatic carbocycles. The Hall–Kier alpha value is -1.74. The number of halogens is 1. The van der Waals surface area contributed by atoms with E-state index in [0.717, 1.165) is 11.3 Å². The fourth-order valence-electron chi connectivity index (χ4n) is 1.51. The number of hydrogen-bond donors (Lipinski definition) is 1. The van der Waals surface area contributed by atoms with E-state index in [-0.39, 0.29) is 6.03 Å². The Balaban J connectivity index is 2.78. The first-order valence-corrected chi connectivity index (χ1v) is 6.00. The summed E-state index contributed by atoms with van der Waals surface area (Å²) in [6.07, 6.45) is 3.36. The molecule has 1 N–H and O–H groups in total. The van der Waals surface area contributed by atoms with Crippen molar-refractivity contribution in [3.63, 3.8) is 0 Å². The summed E-state index contributed by atoms with van der Waals surface area (Å²) in [7, 11) is 0. The van der Waals surface area contributed by atoms with Crippen LogP contribution in [0.4, 0.5) is 10.5 Å². The molecule has 0 saturated carbocycles.